The van der Waals surface area contributed by atoms with E-state index in [1.807, 2.05) is 26.0 Å². The minimum Gasteiger partial charge on any atom is -0.468 e. The summed E-state index contributed by atoms with van der Waals surface area (Å²) in [6.07, 6.45) is 0.00250. The average molecular weight is 413 g/mol. The lowest BCUT2D eigenvalue weighted by atomic mass is 10.1. The van der Waals surface area contributed by atoms with Crippen molar-refractivity contribution in [2.24, 2.45) is 4.99 Å². The Bertz CT molecular complexity index is 1180. The molecular weight excluding hydrogens is 394 g/mol. The number of thiazole rings is 1. The summed E-state index contributed by atoms with van der Waals surface area (Å²) in [6, 6.07) is 9.74. The van der Waals surface area contributed by atoms with Crippen LogP contribution in [0.4, 0.5) is 5.69 Å². The molecule has 0 aliphatic rings. The summed E-state index contributed by atoms with van der Waals surface area (Å²) in [5.74, 6) is -0.843. The second-order valence-electron chi connectivity index (χ2n) is 6.56. The highest BCUT2D eigenvalue weighted by Crippen LogP contribution is 2.22. The Kier molecular flexibility index (Phi) is 5.88. The molecule has 9 heteroatoms. The number of benzene rings is 2. The van der Waals surface area contributed by atoms with Crippen LogP contribution >= 0.6 is 11.3 Å². The first kappa shape index (κ1) is 20.4. The third-order valence-corrected chi connectivity index (χ3v) is 5.58. The first-order chi connectivity index (χ1) is 13.8. The minimum atomic E-state index is -0.493. The molecule has 0 saturated carbocycles. The zero-order valence-corrected chi connectivity index (χ0v) is 17.0. The Balaban J connectivity index is 1.98. The van der Waals surface area contributed by atoms with Crippen LogP contribution in [0, 0.1) is 24.0 Å². The Morgan fingerprint density at radius 3 is 2.45 bits per heavy atom. The predicted molar refractivity (Wildman–Crippen MR) is 109 cm³/mol. The zero-order chi connectivity index (χ0) is 21.1. The van der Waals surface area contributed by atoms with Gasteiger partial charge in [0.2, 0.25) is 0 Å². The molecule has 3 rings (SSSR count). The highest BCUT2D eigenvalue weighted by atomic mass is 32.1. The fourth-order valence-corrected chi connectivity index (χ4v) is 3.94. The molecule has 0 atom stereocenters. The molecule has 1 heterocycles. The maximum Gasteiger partial charge on any atom is 0.325 e. The number of nitro groups is 1. The third-order valence-electron chi connectivity index (χ3n) is 4.54. The van der Waals surface area contributed by atoms with E-state index in [0.717, 1.165) is 21.3 Å². The predicted octanol–water partition coefficient (Wildman–Crippen LogP) is 3.07. The normalized spacial score (nSPS) is 11.6. The molecule has 0 fully saturated rings. The third kappa shape index (κ3) is 4.57. The standard InChI is InChI=1S/C20H19N3O5S/c1-12-8-16-17(9-13(12)2)29-20(22(16)11-19(25)28-3)21-18(24)10-14-4-6-15(7-5-14)23(26)27/h4-9H,10-11H2,1-3H3. The van der Waals surface area contributed by atoms with Gasteiger partial charge in [-0.15, -0.1) is 0 Å². The quantitative estimate of drug-likeness (QED) is 0.363. The van der Waals surface area contributed by atoms with E-state index in [2.05, 4.69) is 4.99 Å². The average Bonchev–Trinajstić information content (AvgIpc) is 2.98. The number of carbonyl (C=O) groups excluding carboxylic acids is 2. The van der Waals surface area contributed by atoms with Crippen molar-refractivity contribution in [2.45, 2.75) is 26.8 Å². The molecule has 0 aliphatic carbocycles. The number of hydrogen-bond acceptors (Lipinski definition) is 6. The Morgan fingerprint density at radius 2 is 1.83 bits per heavy atom. The fraction of sp³-hybridized carbons (Fsp3) is 0.250. The van der Waals surface area contributed by atoms with Crippen molar-refractivity contribution in [1.82, 2.24) is 4.57 Å². The van der Waals surface area contributed by atoms with Gasteiger partial charge in [0, 0.05) is 12.1 Å². The first-order valence-electron chi connectivity index (χ1n) is 8.77. The van der Waals surface area contributed by atoms with Crippen LogP contribution in [0.25, 0.3) is 10.2 Å². The number of non-ortho nitro benzene ring substituents is 1. The molecule has 3 aromatic rings. The molecule has 29 heavy (non-hydrogen) atoms. The largest absolute Gasteiger partial charge is 0.468 e. The van der Waals surface area contributed by atoms with E-state index in [1.165, 1.54) is 42.7 Å². The maximum absolute atomic E-state index is 12.5. The van der Waals surface area contributed by atoms with Gasteiger partial charge < -0.3 is 9.30 Å². The number of hydrogen-bond donors (Lipinski definition) is 0. The topological polar surface area (TPSA) is 104 Å². The number of methoxy groups -OCH3 is 1. The summed E-state index contributed by atoms with van der Waals surface area (Å²) in [5, 5.41) is 10.7. The van der Waals surface area contributed by atoms with Crippen LogP contribution in [0.5, 0.6) is 0 Å². The molecule has 0 N–H and O–H groups in total. The summed E-state index contributed by atoms with van der Waals surface area (Å²) < 4.78 is 7.36. The molecule has 150 valence electrons. The van der Waals surface area contributed by atoms with Crippen molar-refractivity contribution in [3.63, 3.8) is 0 Å². The zero-order valence-electron chi connectivity index (χ0n) is 16.2. The number of nitrogens with zero attached hydrogens (tertiary/aromatic N) is 3. The molecule has 0 unspecified atom stereocenters. The van der Waals surface area contributed by atoms with Crippen LogP contribution in [0.3, 0.4) is 0 Å². The van der Waals surface area contributed by atoms with E-state index < -0.39 is 16.8 Å². The van der Waals surface area contributed by atoms with Crippen LogP contribution in [-0.2, 0) is 27.3 Å². The van der Waals surface area contributed by atoms with Crippen LogP contribution in [0.15, 0.2) is 41.4 Å². The van der Waals surface area contributed by atoms with E-state index in [0.29, 0.717) is 10.4 Å². The number of fused-ring (bicyclic) bond motifs is 1. The van der Waals surface area contributed by atoms with Gasteiger partial charge >= 0.3 is 5.97 Å². The van der Waals surface area contributed by atoms with E-state index in [4.69, 9.17) is 4.74 Å². The number of aromatic nitrogens is 1. The van der Waals surface area contributed by atoms with Gasteiger partial charge in [0.05, 0.1) is 28.7 Å². The highest BCUT2D eigenvalue weighted by molar-refractivity contribution is 7.16. The molecule has 8 nitrogen and oxygen atoms in total. The van der Waals surface area contributed by atoms with Crippen molar-refractivity contribution in [3.8, 4) is 0 Å². The fourth-order valence-electron chi connectivity index (χ4n) is 2.81. The van der Waals surface area contributed by atoms with Crippen molar-refractivity contribution in [1.29, 1.82) is 0 Å². The van der Waals surface area contributed by atoms with Crippen molar-refractivity contribution >= 4 is 39.1 Å². The van der Waals surface area contributed by atoms with Gasteiger partial charge in [0.1, 0.15) is 6.54 Å². The summed E-state index contributed by atoms with van der Waals surface area (Å²) in [6.45, 7) is 3.92. The summed E-state index contributed by atoms with van der Waals surface area (Å²) in [7, 11) is 1.31. The number of rotatable bonds is 5. The molecule has 2 aromatic carbocycles. The van der Waals surface area contributed by atoms with Gasteiger partial charge in [-0.1, -0.05) is 23.5 Å². The van der Waals surface area contributed by atoms with Crippen LogP contribution in [-0.4, -0.2) is 28.5 Å². The lowest BCUT2D eigenvalue weighted by Crippen LogP contribution is -2.22. The highest BCUT2D eigenvalue weighted by Gasteiger charge is 2.13. The van der Waals surface area contributed by atoms with Gasteiger partial charge in [0.15, 0.2) is 4.80 Å². The molecule has 1 aromatic heterocycles. The summed E-state index contributed by atoms with van der Waals surface area (Å²) >= 11 is 1.32. The van der Waals surface area contributed by atoms with E-state index in [9.17, 15) is 19.7 Å². The van der Waals surface area contributed by atoms with E-state index >= 15 is 0 Å². The number of ether oxygens (including phenoxy) is 1. The van der Waals surface area contributed by atoms with Gasteiger partial charge in [-0.05, 0) is 42.7 Å². The number of aryl methyl sites for hydroxylation is 2. The van der Waals surface area contributed by atoms with Crippen molar-refractivity contribution < 1.29 is 19.2 Å². The van der Waals surface area contributed by atoms with E-state index in [-0.39, 0.29) is 18.7 Å². The molecular formula is C20H19N3O5S. The Labute approximate surface area is 170 Å². The van der Waals surface area contributed by atoms with Crippen LogP contribution in [0.2, 0.25) is 0 Å². The summed E-state index contributed by atoms with van der Waals surface area (Å²) in [5.41, 5.74) is 3.57. The van der Waals surface area contributed by atoms with E-state index in [1.54, 1.807) is 4.57 Å². The first-order valence-corrected chi connectivity index (χ1v) is 9.58. The smallest absolute Gasteiger partial charge is 0.325 e. The van der Waals surface area contributed by atoms with Gasteiger partial charge in [-0.3, -0.25) is 19.7 Å². The van der Waals surface area contributed by atoms with Crippen LogP contribution in [0.1, 0.15) is 16.7 Å². The lowest BCUT2D eigenvalue weighted by Gasteiger charge is -2.05. The van der Waals surface area contributed by atoms with Crippen molar-refractivity contribution in [2.75, 3.05) is 7.11 Å². The molecule has 0 saturated heterocycles. The second kappa shape index (κ2) is 8.36. The summed E-state index contributed by atoms with van der Waals surface area (Å²) in [4.78, 5) is 39.2. The molecule has 0 bridgehead atoms. The number of carbonyl (C=O) groups is 2. The number of nitro benzene ring substituents is 1. The minimum absolute atomic E-state index is 0.00250. The number of amides is 1. The van der Waals surface area contributed by atoms with Gasteiger partial charge in [0.25, 0.3) is 11.6 Å². The Morgan fingerprint density at radius 1 is 1.17 bits per heavy atom. The molecule has 0 spiro atoms. The van der Waals surface area contributed by atoms with Crippen LogP contribution < -0.4 is 4.80 Å². The monoisotopic (exact) mass is 413 g/mol. The molecule has 0 radical (unpaired) electrons. The number of esters is 1. The SMILES string of the molecule is COC(=O)Cn1c(=NC(=O)Cc2ccc([N+](=O)[O-])cc2)sc2cc(C)c(C)cc21. The maximum atomic E-state index is 12.5. The van der Waals surface area contributed by atoms with Gasteiger partial charge in [-0.25, -0.2) is 0 Å². The Hall–Kier alpha value is -3.33. The second-order valence-corrected chi connectivity index (χ2v) is 7.57. The lowest BCUT2D eigenvalue weighted by molar-refractivity contribution is -0.384. The van der Waals surface area contributed by atoms with Crippen molar-refractivity contribution in [3.05, 3.63) is 68.0 Å². The van der Waals surface area contributed by atoms with Gasteiger partial charge in [-0.2, -0.15) is 4.99 Å². The molecule has 0 aliphatic heterocycles. The molecule has 1 amide bonds.